The number of aryl methyl sites for hydroxylation is 1. The lowest BCUT2D eigenvalue weighted by molar-refractivity contribution is 0.102. The Kier molecular flexibility index (Phi) is 6.60. The van der Waals surface area contributed by atoms with Crippen LogP contribution in [0.5, 0.6) is 0 Å². The molecule has 2 aromatic carbocycles. The molecule has 0 aromatic heterocycles. The second-order valence-corrected chi connectivity index (χ2v) is 9.92. The van der Waals surface area contributed by atoms with E-state index in [0.29, 0.717) is 43.1 Å². The Bertz CT molecular complexity index is 1040. The van der Waals surface area contributed by atoms with Gasteiger partial charge in [0.25, 0.3) is 5.91 Å². The van der Waals surface area contributed by atoms with E-state index < -0.39 is 10.0 Å². The minimum absolute atomic E-state index is 0.212. The summed E-state index contributed by atoms with van der Waals surface area (Å²) in [5.41, 5.74) is 2.62. The van der Waals surface area contributed by atoms with Crippen LogP contribution < -0.4 is 10.2 Å². The van der Waals surface area contributed by atoms with Crippen LogP contribution in [0.3, 0.4) is 0 Å². The van der Waals surface area contributed by atoms with Crippen molar-refractivity contribution in [3.8, 4) is 0 Å². The first-order valence-corrected chi connectivity index (χ1v) is 12.2. The highest BCUT2D eigenvalue weighted by atomic mass is 32.2. The van der Waals surface area contributed by atoms with Crippen LogP contribution in [-0.2, 0) is 14.8 Å². The van der Waals surface area contributed by atoms with Gasteiger partial charge in [0.2, 0.25) is 10.0 Å². The average molecular weight is 444 g/mol. The van der Waals surface area contributed by atoms with Crippen molar-refractivity contribution in [1.29, 1.82) is 0 Å². The molecule has 0 aliphatic carbocycles. The molecule has 166 valence electrons. The number of ether oxygens (including phenoxy) is 1. The fourth-order valence-corrected chi connectivity index (χ4v) is 5.89. The van der Waals surface area contributed by atoms with Crippen LogP contribution in [0.4, 0.5) is 11.4 Å². The first-order chi connectivity index (χ1) is 15.0. The van der Waals surface area contributed by atoms with Gasteiger partial charge in [-0.25, -0.2) is 8.42 Å². The second-order valence-electron chi connectivity index (χ2n) is 8.02. The van der Waals surface area contributed by atoms with E-state index in [1.165, 1.54) is 10.4 Å². The number of carbonyl (C=O) groups excluding carboxylic acids is 1. The van der Waals surface area contributed by atoms with E-state index in [2.05, 4.69) is 10.2 Å². The monoisotopic (exact) mass is 443 g/mol. The molecule has 0 unspecified atom stereocenters. The Labute approximate surface area is 184 Å². The van der Waals surface area contributed by atoms with Crippen molar-refractivity contribution in [2.24, 2.45) is 0 Å². The lowest BCUT2D eigenvalue weighted by Crippen LogP contribution is -2.36. The molecule has 31 heavy (non-hydrogen) atoms. The SMILES string of the molecule is Cc1ccc(C(=O)Nc2ccccc2N2CCOCC2)cc1S(=O)(=O)N1CCCCC1. The lowest BCUT2D eigenvalue weighted by atomic mass is 10.1. The van der Waals surface area contributed by atoms with Crippen LogP contribution in [0.1, 0.15) is 35.2 Å². The Hall–Kier alpha value is -2.42. The number of hydrogen-bond donors (Lipinski definition) is 1. The summed E-state index contributed by atoms with van der Waals surface area (Å²) in [6, 6.07) is 12.5. The zero-order chi connectivity index (χ0) is 21.8. The van der Waals surface area contributed by atoms with Crippen LogP contribution in [0.25, 0.3) is 0 Å². The van der Waals surface area contributed by atoms with Crippen LogP contribution in [-0.4, -0.2) is 58.0 Å². The average Bonchev–Trinajstić information content (AvgIpc) is 2.80. The molecule has 1 N–H and O–H groups in total. The third-order valence-electron chi connectivity index (χ3n) is 5.89. The molecule has 7 nitrogen and oxygen atoms in total. The molecule has 2 fully saturated rings. The summed E-state index contributed by atoms with van der Waals surface area (Å²) in [7, 11) is -3.62. The molecular formula is C23H29N3O4S. The van der Waals surface area contributed by atoms with Crippen molar-refractivity contribution in [3.05, 3.63) is 53.6 Å². The number of sulfonamides is 1. The molecule has 2 aliphatic rings. The van der Waals surface area contributed by atoms with Gasteiger partial charge in [-0.15, -0.1) is 0 Å². The molecule has 2 aromatic rings. The molecule has 8 heteroatoms. The maximum absolute atomic E-state index is 13.2. The van der Waals surface area contributed by atoms with E-state index in [-0.39, 0.29) is 10.8 Å². The summed E-state index contributed by atoms with van der Waals surface area (Å²) in [5, 5.41) is 2.97. The van der Waals surface area contributed by atoms with Gasteiger partial charge in [0.15, 0.2) is 0 Å². The van der Waals surface area contributed by atoms with Crippen LogP contribution in [0, 0.1) is 6.92 Å². The number of benzene rings is 2. The number of piperidine rings is 1. The normalized spacial score (nSPS) is 18.0. The predicted octanol–water partition coefficient (Wildman–Crippen LogP) is 3.26. The van der Waals surface area contributed by atoms with E-state index in [1.54, 1.807) is 19.1 Å². The number of anilines is 2. The highest BCUT2D eigenvalue weighted by Gasteiger charge is 2.28. The number of nitrogens with one attached hydrogen (secondary N) is 1. The van der Waals surface area contributed by atoms with Crippen molar-refractivity contribution < 1.29 is 17.9 Å². The minimum atomic E-state index is -3.62. The highest BCUT2D eigenvalue weighted by molar-refractivity contribution is 7.89. The zero-order valence-electron chi connectivity index (χ0n) is 17.8. The fraction of sp³-hybridized carbons (Fsp3) is 0.435. The third-order valence-corrected chi connectivity index (χ3v) is 7.93. The smallest absolute Gasteiger partial charge is 0.255 e. The van der Waals surface area contributed by atoms with Gasteiger partial charge >= 0.3 is 0 Å². The Balaban J connectivity index is 1.58. The number of rotatable bonds is 5. The van der Waals surface area contributed by atoms with Gasteiger partial charge in [-0.2, -0.15) is 4.31 Å². The van der Waals surface area contributed by atoms with Gasteiger partial charge in [0.1, 0.15) is 0 Å². The summed E-state index contributed by atoms with van der Waals surface area (Å²) in [6.07, 6.45) is 2.80. The molecule has 0 radical (unpaired) electrons. The summed E-state index contributed by atoms with van der Waals surface area (Å²) in [5.74, 6) is -0.323. The quantitative estimate of drug-likeness (QED) is 0.767. The van der Waals surface area contributed by atoms with Gasteiger partial charge in [-0.3, -0.25) is 4.79 Å². The number of hydrogen-bond acceptors (Lipinski definition) is 5. The van der Waals surface area contributed by atoms with Gasteiger partial charge in [-0.05, 0) is 49.6 Å². The van der Waals surface area contributed by atoms with Gasteiger partial charge < -0.3 is 15.0 Å². The molecule has 0 spiro atoms. The number of para-hydroxylation sites is 2. The Morgan fingerprint density at radius 2 is 1.68 bits per heavy atom. The minimum Gasteiger partial charge on any atom is -0.378 e. The molecule has 2 heterocycles. The van der Waals surface area contributed by atoms with Crippen LogP contribution in [0.2, 0.25) is 0 Å². The Morgan fingerprint density at radius 1 is 0.968 bits per heavy atom. The first kappa shape index (κ1) is 21.8. The number of amides is 1. The number of carbonyl (C=O) groups is 1. The first-order valence-electron chi connectivity index (χ1n) is 10.8. The molecule has 0 atom stereocenters. The Morgan fingerprint density at radius 3 is 2.42 bits per heavy atom. The predicted molar refractivity (Wildman–Crippen MR) is 121 cm³/mol. The largest absolute Gasteiger partial charge is 0.378 e. The van der Waals surface area contributed by atoms with E-state index in [0.717, 1.165) is 38.0 Å². The van der Waals surface area contributed by atoms with E-state index >= 15 is 0 Å². The molecule has 4 rings (SSSR count). The standard InChI is InChI=1S/C23H29N3O4S/c1-18-9-10-19(17-22(18)31(28,29)26-11-5-2-6-12-26)23(27)24-20-7-3-4-8-21(20)25-13-15-30-16-14-25/h3-4,7-10,17H,2,5-6,11-16H2,1H3,(H,24,27). The van der Waals surface area contributed by atoms with E-state index in [9.17, 15) is 13.2 Å². The molecule has 1 amide bonds. The van der Waals surface area contributed by atoms with Crippen LogP contribution >= 0.6 is 0 Å². The fourth-order valence-electron chi connectivity index (χ4n) is 4.12. The topological polar surface area (TPSA) is 79.0 Å². The molecule has 2 saturated heterocycles. The lowest BCUT2D eigenvalue weighted by Gasteiger charge is -2.30. The summed E-state index contributed by atoms with van der Waals surface area (Å²) in [6.45, 7) is 5.66. The maximum atomic E-state index is 13.2. The molecule has 0 bridgehead atoms. The van der Waals surface area contributed by atoms with Crippen molar-refractivity contribution in [3.63, 3.8) is 0 Å². The highest BCUT2D eigenvalue weighted by Crippen LogP contribution is 2.28. The zero-order valence-corrected chi connectivity index (χ0v) is 18.7. The second kappa shape index (κ2) is 9.38. The van der Waals surface area contributed by atoms with Gasteiger partial charge in [0, 0.05) is 31.7 Å². The van der Waals surface area contributed by atoms with Gasteiger partial charge in [0.05, 0.1) is 29.5 Å². The molecular weight excluding hydrogens is 414 g/mol. The van der Waals surface area contributed by atoms with Crippen molar-refractivity contribution >= 4 is 27.3 Å². The van der Waals surface area contributed by atoms with Crippen molar-refractivity contribution in [2.75, 3.05) is 49.6 Å². The molecule has 0 saturated carbocycles. The van der Waals surface area contributed by atoms with E-state index in [1.807, 2.05) is 24.3 Å². The third kappa shape index (κ3) is 4.76. The van der Waals surface area contributed by atoms with E-state index in [4.69, 9.17) is 4.74 Å². The molecule has 2 aliphatic heterocycles. The van der Waals surface area contributed by atoms with Crippen LogP contribution in [0.15, 0.2) is 47.4 Å². The maximum Gasteiger partial charge on any atom is 0.255 e. The summed E-state index contributed by atoms with van der Waals surface area (Å²) >= 11 is 0. The number of nitrogens with zero attached hydrogens (tertiary/aromatic N) is 2. The van der Waals surface area contributed by atoms with Crippen molar-refractivity contribution in [1.82, 2.24) is 4.31 Å². The summed E-state index contributed by atoms with van der Waals surface area (Å²) < 4.78 is 33.3. The van der Waals surface area contributed by atoms with Crippen molar-refractivity contribution in [2.45, 2.75) is 31.1 Å². The number of morpholine rings is 1. The summed E-state index contributed by atoms with van der Waals surface area (Å²) in [4.78, 5) is 15.4. The van der Waals surface area contributed by atoms with Gasteiger partial charge in [-0.1, -0.05) is 24.6 Å².